The van der Waals surface area contributed by atoms with Gasteiger partial charge < -0.3 is 12.4 Å². The second kappa shape index (κ2) is 6.14. The number of rotatable bonds is 2. The van der Waals surface area contributed by atoms with Crippen molar-refractivity contribution in [3.05, 3.63) is 72.5 Å². The van der Waals surface area contributed by atoms with Gasteiger partial charge in [0, 0.05) is 5.39 Å². The summed E-state index contributed by atoms with van der Waals surface area (Å²) in [5, 5.41) is 4.02. The van der Waals surface area contributed by atoms with Crippen molar-refractivity contribution in [2.24, 2.45) is 0 Å². The quantitative estimate of drug-likeness (QED) is 0.607. The van der Waals surface area contributed by atoms with E-state index >= 15 is 0 Å². The minimum absolute atomic E-state index is 0. The third-order valence-electron chi connectivity index (χ3n) is 2.91. The molecular weight excluding hydrogens is 278 g/mol. The smallest absolute Gasteiger partial charge is 0.131 e. The molecule has 0 aliphatic carbocycles. The highest BCUT2D eigenvalue weighted by Gasteiger charge is 2.06. The van der Waals surface area contributed by atoms with Crippen LogP contribution in [0.15, 0.2) is 66.7 Å². The standard InChI is InChI=1S/C16H12FP.ClH/c17-14-10-4-6-12-7-5-11-15(16(12)14)18-13-8-2-1-3-9-13;/h1-11,18H;1H/p-1. The van der Waals surface area contributed by atoms with Crippen molar-refractivity contribution in [1.29, 1.82) is 0 Å². The van der Waals surface area contributed by atoms with Crippen molar-refractivity contribution in [2.45, 2.75) is 0 Å². The molecule has 0 aliphatic rings. The summed E-state index contributed by atoms with van der Waals surface area (Å²) in [6, 6.07) is 21.4. The zero-order valence-corrected chi connectivity index (χ0v) is 11.9. The number of benzene rings is 3. The highest BCUT2D eigenvalue weighted by atomic mass is 35.5. The van der Waals surface area contributed by atoms with E-state index in [0.29, 0.717) is 8.58 Å². The Bertz CT molecular complexity index is 677. The zero-order valence-electron chi connectivity index (χ0n) is 10.1. The van der Waals surface area contributed by atoms with Crippen LogP contribution in [0.3, 0.4) is 0 Å². The van der Waals surface area contributed by atoms with E-state index in [9.17, 15) is 4.39 Å². The molecule has 0 amide bonds. The third-order valence-corrected chi connectivity index (χ3v) is 4.21. The Balaban J connectivity index is 0.00000133. The van der Waals surface area contributed by atoms with Crippen LogP contribution in [0, 0.1) is 5.82 Å². The van der Waals surface area contributed by atoms with Crippen molar-refractivity contribution in [3.63, 3.8) is 0 Å². The van der Waals surface area contributed by atoms with E-state index in [1.54, 1.807) is 6.07 Å². The van der Waals surface area contributed by atoms with Gasteiger partial charge in [0.25, 0.3) is 0 Å². The van der Waals surface area contributed by atoms with Crippen molar-refractivity contribution in [1.82, 2.24) is 0 Å². The Hall–Kier alpha value is -1.43. The maximum absolute atomic E-state index is 14.0. The second-order valence-corrected chi connectivity index (χ2v) is 5.50. The lowest BCUT2D eigenvalue weighted by Gasteiger charge is -2.07. The second-order valence-electron chi connectivity index (χ2n) is 4.13. The maximum Gasteiger partial charge on any atom is 0.131 e. The molecule has 3 heteroatoms. The van der Waals surface area contributed by atoms with Gasteiger partial charge in [-0.3, -0.25) is 0 Å². The molecule has 96 valence electrons. The lowest BCUT2D eigenvalue weighted by Crippen LogP contribution is -3.00. The van der Waals surface area contributed by atoms with E-state index in [4.69, 9.17) is 0 Å². The highest BCUT2D eigenvalue weighted by molar-refractivity contribution is 7.56. The Labute approximate surface area is 119 Å². The average Bonchev–Trinajstić information content (AvgIpc) is 2.40. The molecule has 0 N–H and O–H groups in total. The first-order valence-corrected chi connectivity index (χ1v) is 6.84. The summed E-state index contributed by atoms with van der Waals surface area (Å²) in [5.74, 6) is -0.133. The molecule has 3 aromatic carbocycles. The Kier molecular flexibility index (Phi) is 4.52. The highest BCUT2D eigenvalue weighted by Crippen LogP contribution is 2.21. The van der Waals surface area contributed by atoms with Crippen LogP contribution in [0.25, 0.3) is 10.8 Å². The summed E-state index contributed by atoms with van der Waals surface area (Å²) in [7, 11) is 0.487. The molecule has 0 aliphatic heterocycles. The van der Waals surface area contributed by atoms with Crippen molar-refractivity contribution < 1.29 is 16.8 Å². The molecule has 3 aromatic rings. The predicted molar refractivity (Wildman–Crippen MR) is 77.9 cm³/mol. The van der Waals surface area contributed by atoms with Gasteiger partial charge >= 0.3 is 0 Å². The topological polar surface area (TPSA) is 0 Å². The molecule has 0 aromatic heterocycles. The van der Waals surface area contributed by atoms with Crippen molar-refractivity contribution >= 4 is 30.0 Å². The van der Waals surface area contributed by atoms with Crippen LogP contribution >= 0.6 is 8.58 Å². The first-order valence-electron chi connectivity index (χ1n) is 5.84. The number of hydrogen-bond acceptors (Lipinski definition) is 0. The van der Waals surface area contributed by atoms with Crippen LogP contribution in [0.4, 0.5) is 4.39 Å². The summed E-state index contributed by atoms with van der Waals surface area (Å²) in [5.41, 5.74) is 0. The van der Waals surface area contributed by atoms with E-state index in [1.807, 2.05) is 42.5 Å². The minimum Gasteiger partial charge on any atom is -1.00 e. The fraction of sp³-hybridized carbons (Fsp3) is 0. The van der Waals surface area contributed by atoms with Gasteiger partial charge in [-0.25, -0.2) is 4.39 Å². The molecule has 1 unspecified atom stereocenters. The van der Waals surface area contributed by atoms with Gasteiger partial charge in [-0.05, 0) is 22.1 Å². The first-order chi connectivity index (χ1) is 8.84. The minimum atomic E-state index is -0.133. The van der Waals surface area contributed by atoms with Crippen LogP contribution in [0.5, 0.6) is 0 Å². The van der Waals surface area contributed by atoms with Crippen molar-refractivity contribution in [2.75, 3.05) is 0 Å². The Morgan fingerprint density at radius 2 is 1.42 bits per heavy atom. The molecule has 3 rings (SSSR count). The van der Waals surface area contributed by atoms with E-state index < -0.39 is 0 Å². The van der Waals surface area contributed by atoms with Crippen LogP contribution in [0.2, 0.25) is 0 Å². The molecule has 0 radical (unpaired) electrons. The van der Waals surface area contributed by atoms with Gasteiger partial charge in [0.15, 0.2) is 0 Å². The molecule has 0 bridgehead atoms. The molecule has 0 fully saturated rings. The summed E-state index contributed by atoms with van der Waals surface area (Å²) >= 11 is 0. The largest absolute Gasteiger partial charge is 1.00 e. The molecule has 1 atom stereocenters. The van der Waals surface area contributed by atoms with Crippen molar-refractivity contribution in [3.8, 4) is 0 Å². The lowest BCUT2D eigenvalue weighted by molar-refractivity contribution is -0.00000392. The summed E-state index contributed by atoms with van der Waals surface area (Å²) in [6.45, 7) is 0. The monoisotopic (exact) mass is 289 g/mol. The number of hydrogen-bond donors (Lipinski definition) is 0. The van der Waals surface area contributed by atoms with Crippen LogP contribution in [-0.4, -0.2) is 0 Å². The van der Waals surface area contributed by atoms with Crippen LogP contribution in [0.1, 0.15) is 0 Å². The average molecular weight is 290 g/mol. The van der Waals surface area contributed by atoms with Gasteiger partial charge in [0.1, 0.15) is 5.82 Å². The first kappa shape index (κ1) is 14.0. The van der Waals surface area contributed by atoms with Gasteiger partial charge in [0.05, 0.1) is 0 Å². The molecule has 19 heavy (non-hydrogen) atoms. The lowest BCUT2D eigenvalue weighted by atomic mass is 10.1. The van der Waals surface area contributed by atoms with Gasteiger partial charge in [-0.15, -0.1) is 0 Å². The molecule has 0 spiro atoms. The summed E-state index contributed by atoms with van der Waals surface area (Å²) in [4.78, 5) is 0. The van der Waals surface area contributed by atoms with Gasteiger partial charge in [0.2, 0.25) is 0 Å². The number of fused-ring (bicyclic) bond motifs is 1. The third kappa shape index (κ3) is 2.94. The van der Waals surface area contributed by atoms with Gasteiger partial charge in [-0.1, -0.05) is 69.2 Å². The predicted octanol–water partition coefficient (Wildman–Crippen LogP) is 0.612. The molecular formula is C16H12ClFP-. The molecule has 0 saturated carbocycles. The SMILES string of the molecule is Fc1cccc2cccc(Pc3ccccc3)c12.[Cl-]. The fourth-order valence-corrected chi connectivity index (χ4v) is 3.31. The molecule has 0 nitrogen and oxygen atoms in total. The number of halogens is 2. The Morgan fingerprint density at radius 3 is 2.16 bits per heavy atom. The maximum atomic E-state index is 14.0. The summed E-state index contributed by atoms with van der Waals surface area (Å²) < 4.78 is 14.0. The molecule has 0 heterocycles. The normalized spacial score (nSPS) is 10.8. The van der Waals surface area contributed by atoms with E-state index in [2.05, 4.69) is 12.1 Å². The molecule has 0 saturated heterocycles. The Morgan fingerprint density at radius 1 is 0.737 bits per heavy atom. The van der Waals surface area contributed by atoms with Crippen LogP contribution in [-0.2, 0) is 0 Å². The van der Waals surface area contributed by atoms with E-state index in [1.165, 1.54) is 11.4 Å². The zero-order chi connectivity index (χ0) is 12.4. The van der Waals surface area contributed by atoms with E-state index in [-0.39, 0.29) is 18.2 Å². The van der Waals surface area contributed by atoms with E-state index in [0.717, 1.165) is 16.1 Å². The summed E-state index contributed by atoms with van der Waals surface area (Å²) in [6.07, 6.45) is 0. The van der Waals surface area contributed by atoms with Crippen LogP contribution < -0.4 is 23.0 Å². The fourth-order valence-electron chi connectivity index (χ4n) is 2.08. The van der Waals surface area contributed by atoms with Gasteiger partial charge in [-0.2, -0.15) is 0 Å².